The molecule has 2 nitrogen and oxygen atoms in total. The van der Waals surface area contributed by atoms with Gasteiger partial charge in [-0.05, 0) is 34.1 Å². The molecule has 1 unspecified atom stereocenters. The van der Waals surface area contributed by atoms with E-state index in [0.717, 1.165) is 0 Å². The summed E-state index contributed by atoms with van der Waals surface area (Å²) in [5.41, 5.74) is 0.874. The molecule has 2 rings (SSSR count). The summed E-state index contributed by atoms with van der Waals surface area (Å²) < 4.78 is 19.0. The Morgan fingerprint density at radius 2 is 2.18 bits per heavy atom. The van der Waals surface area contributed by atoms with Crippen molar-refractivity contribution >= 4 is 27.5 Å². The van der Waals surface area contributed by atoms with Crippen molar-refractivity contribution < 1.29 is 13.9 Å². The van der Waals surface area contributed by atoms with Crippen molar-refractivity contribution in [1.29, 1.82) is 0 Å². The van der Waals surface area contributed by atoms with Crippen LogP contribution in [0.25, 0.3) is 0 Å². The minimum atomic E-state index is -0.863. The number of aliphatic hydroxyl groups is 1. The van der Waals surface area contributed by atoms with Gasteiger partial charge in [0.15, 0.2) is 4.67 Å². The van der Waals surface area contributed by atoms with Gasteiger partial charge in [0.05, 0.1) is 12.4 Å². The van der Waals surface area contributed by atoms with Crippen molar-refractivity contribution in [3.63, 3.8) is 0 Å². The number of furan rings is 1. The second-order valence-corrected chi connectivity index (χ2v) is 4.70. The zero-order valence-electron chi connectivity index (χ0n) is 8.66. The Hall–Kier alpha value is -0.840. The monoisotopic (exact) mass is 318 g/mol. The summed E-state index contributed by atoms with van der Waals surface area (Å²) in [6.07, 6.45) is 0.687. The summed E-state index contributed by atoms with van der Waals surface area (Å²) in [6.45, 7) is 0. The Morgan fingerprint density at radius 3 is 2.76 bits per heavy atom. The predicted octanol–water partition coefficient (Wildman–Crippen LogP) is 4.11. The quantitative estimate of drug-likeness (QED) is 0.923. The zero-order chi connectivity index (χ0) is 12.4. The molecule has 0 radical (unpaired) electrons. The van der Waals surface area contributed by atoms with Gasteiger partial charge in [-0.15, -0.1) is 0 Å². The normalized spacial score (nSPS) is 12.7. The fourth-order valence-electron chi connectivity index (χ4n) is 1.57. The largest absolute Gasteiger partial charge is 0.457 e. The van der Waals surface area contributed by atoms with Gasteiger partial charge in [-0.1, -0.05) is 17.7 Å². The first-order chi connectivity index (χ1) is 8.09. The Labute approximate surface area is 111 Å². The van der Waals surface area contributed by atoms with Gasteiger partial charge in [0.1, 0.15) is 5.82 Å². The van der Waals surface area contributed by atoms with Gasteiger partial charge in [-0.3, -0.25) is 0 Å². The molecule has 0 amide bonds. The fraction of sp³-hybridized carbons (Fsp3) is 0.167. The molecule has 0 saturated heterocycles. The van der Waals surface area contributed by atoms with Crippen LogP contribution in [0.3, 0.4) is 0 Å². The van der Waals surface area contributed by atoms with Gasteiger partial charge >= 0.3 is 0 Å². The second kappa shape index (κ2) is 5.21. The fourth-order valence-corrected chi connectivity index (χ4v) is 2.32. The van der Waals surface area contributed by atoms with Crippen LogP contribution in [0.2, 0.25) is 5.02 Å². The number of halogens is 3. The maximum absolute atomic E-state index is 13.5. The molecule has 0 bridgehead atoms. The first kappa shape index (κ1) is 12.6. The number of rotatable bonds is 3. The van der Waals surface area contributed by atoms with Gasteiger partial charge in [-0.25, -0.2) is 4.39 Å². The van der Waals surface area contributed by atoms with Gasteiger partial charge < -0.3 is 9.52 Å². The number of benzene rings is 1. The first-order valence-electron chi connectivity index (χ1n) is 4.93. The van der Waals surface area contributed by atoms with E-state index in [0.29, 0.717) is 20.8 Å². The molecule has 0 fully saturated rings. The highest BCUT2D eigenvalue weighted by Crippen LogP contribution is 2.30. The molecule has 2 aromatic rings. The average molecular weight is 320 g/mol. The van der Waals surface area contributed by atoms with E-state index in [9.17, 15) is 9.50 Å². The molecule has 0 spiro atoms. The summed E-state index contributed by atoms with van der Waals surface area (Å²) in [4.78, 5) is 0. The topological polar surface area (TPSA) is 33.4 Å². The highest BCUT2D eigenvalue weighted by molar-refractivity contribution is 9.10. The van der Waals surface area contributed by atoms with Crippen LogP contribution in [0.15, 0.2) is 39.6 Å². The lowest BCUT2D eigenvalue weighted by Crippen LogP contribution is -2.03. The van der Waals surface area contributed by atoms with Crippen molar-refractivity contribution in [1.82, 2.24) is 0 Å². The maximum Gasteiger partial charge on any atom is 0.174 e. The minimum Gasteiger partial charge on any atom is -0.457 e. The van der Waals surface area contributed by atoms with Crippen LogP contribution in [0.5, 0.6) is 0 Å². The SMILES string of the molecule is OC(Cc1c(F)cccc1Cl)c1ccoc1Br. The summed E-state index contributed by atoms with van der Waals surface area (Å²) in [5, 5.41) is 10.3. The molecule has 90 valence electrons. The van der Waals surface area contributed by atoms with Crippen LogP contribution in [0, 0.1) is 5.82 Å². The first-order valence-corrected chi connectivity index (χ1v) is 6.10. The number of hydrogen-bond acceptors (Lipinski definition) is 2. The Morgan fingerprint density at radius 1 is 1.41 bits per heavy atom. The number of hydrogen-bond donors (Lipinski definition) is 1. The Balaban J connectivity index is 2.25. The highest BCUT2D eigenvalue weighted by Gasteiger charge is 2.17. The third-order valence-corrected chi connectivity index (χ3v) is 3.46. The molecule has 1 aromatic carbocycles. The van der Waals surface area contributed by atoms with Crippen molar-refractivity contribution in [3.8, 4) is 0 Å². The van der Waals surface area contributed by atoms with Gasteiger partial charge in [0.25, 0.3) is 0 Å². The van der Waals surface area contributed by atoms with E-state index in [2.05, 4.69) is 15.9 Å². The van der Waals surface area contributed by atoms with E-state index in [-0.39, 0.29) is 6.42 Å². The van der Waals surface area contributed by atoms with Crippen LogP contribution in [-0.4, -0.2) is 5.11 Å². The van der Waals surface area contributed by atoms with Crippen molar-refractivity contribution in [2.45, 2.75) is 12.5 Å². The van der Waals surface area contributed by atoms with E-state index >= 15 is 0 Å². The molecular formula is C12H9BrClFO2. The lowest BCUT2D eigenvalue weighted by Gasteiger charge is -2.11. The molecule has 1 heterocycles. The van der Waals surface area contributed by atoms with Gasteiger partial charge in [0, 0.05) is 22.6 Å². The summed E-state index contributed by atoms with van der Waals surface area (Å²) in [6, 6.07) is 6.07. The Kier molecular flexibility index (Phi) is 3.86. The molecule has 5 heteroatoms. The highest BCUT2D eigenvalue weighted by atomic mass is 79.9. The summed E-state index contributed by atoms with van der Waals surface area (Å²) >= 11 is 9.05. The molecule has 0 aliphatic heterocycles. The summed E-state index contributed by atoms with van der Waals surface area (Å²) in [7, 11) is 0. The second-order valence-electron chi connectivity index (χ2n) is 3.57. The molecule has 0 aliphatic carbocycles. The molecular weight excluding hydrogens is 310 g/mol. The lowest BCUT2D eigenvalue weighted by molar-refractivity contribution is 0.175. The summed E-state index contributed by atoms with van der Waals surface area (Å²) in [5.74, 6) is -0.420. The lowest BCUT2D eigenvalue weighted by atomic mass is 10.0. The zero-order valence-corrected chi connectivity index (χ0v) is 11.0. The molecule has 0 aliphatic rings. The van der Waals surface area contributed by atoms with Gasteiger partial charge in [-0.2, -0.15) is 0 Å². The molecule has 17 heavy (non-hydrogen) atoms. The van der Waals surface area contributed by atoms with Crippen molar-refractivity contribution in [2.24, 2.45) is 0 Å². The van der Waals surface area contributed by atoms with Crippen molar-refractivity contribution in [3.05, 3.63) is 57.2 Å². The standard InChI is InChI=1S/C12H9BrClFO2/c13-12-7(4-5-17-12)11(16)6-8-9(14)2-1-3-10(8)15/h1-5,11,16H,6H2. The van der Waals surface area contributed by atoms with E-state index < -0.39 is 11.9 Å². The maximum atomic E-state index is 13.5. The van der Waals surface area contributed by atoms with Crippen LogP contribution in [0.4, 0.5) is 4.39 Å². The van der Waals surface area contributed by atoms with E-state index in [1.807, 2.05) is 0 Å². The predicted molar refractivity (Wildman–Crippen MR) is 66.5 cm³/mol. The van der Waals surface area contributed by atoms with E-state index in [1.165, 1.54) is 18.4 Å². The third-order valence-electron chi connectivity index (χ3n) is 2.46. The minimum absolute atomic E-state index is 0.101. The van der Waals surface area contributed by atoms with Crippen LogP contribution in [0.1, 0.15) is 17.2 Å². The molecule has 0 saturated carbocycles. The van der Waals surface area contributed by atoms with Crippen LogP contribution in [-0.2, 0) is 6.42 Å². The van der Waals surface area contributed by atoms with Crippen LogP contribution >= 0.6 is 27.5 Å². The molecule has 1 atom stereocenters. The molecule has 1 aromatic heterocycles. The van der Waals surface area contributed by atoms with E-state index in [1.54, 1.807) is 12.1 Å². The average Bonchev–Trinajstić information content (AvgIpc) is 2.70. The van der Waals surface area contributed by atoms with Crippen LogP contribution < -0.4 is 0 Å². The van der Waals surface area contributed by atoms with E-state index in [4.69, 9.17) is 16.0 Å². The van der Waals surface area contributed by atoms with Gasteiger partial charge in [0.2, 0.25) is 0 Å². The third kappa shape index (κ3) is 2.70. The smallest absolute Gasteiger partial charge is 0.174 e. The number of aliphatic hydroxyl groups excluding tert-OH is 1. The van der Waals surface area contributed by atoms with Crippen molar-refractivity contribution in [2.75, 3.05) is 0 Å². The Bertz CT molecular complexity index is 507. The molecule has 1 N–H and O–H groups in total.